The van der Waals surface area contributed by atoms with E-state index >= 15 is 0 Å². The van der Waals surface area contributed by atoms with E-state index in [2.05, 4.69) is 24.1 Å². The second-order valence-corrected chi connectivity index (χ2v) is 4.46. The highest BCUT2D eigenvalue weighted by molar-refractivity contribution is 5.91. The van der Waals surface area contributed by atoms with Crippen LogP contribution in [0.4, 0.5) is 5.82 Å². The van der Waals surface area contributed by atoms with Gasteiger partial charge in [-0.05, 0) is 37.5 Å². The van der Waals surface area contributed by atoms with E-state index in [0.29, 0.717) is 5.82 Å². The summed E-state index contributed by atoms with van der Waals surface area (Å²) in [5, 5.41) is 2.89. The molecule has 1 amide bonds. The van der Waals surface area contributed by atoms with Crippen molar-refractivity contribution in [3.8, 4) is 0 Å². The molecule has 0 aliphatic rings. The number of aromatic nitrogens is 1. The SMILES string of the molecule is CCCC[C@@H](CC)C(=O)Nc1cc(C)ccn1. The van der Waals surface area contributed by atoms with Crippen molar-refractivity contribution < 1.29 is 4.79 Å². The van der Waals surface area contributed by atoms with Crippen molar-refractivity contribution in [3.05, 3.63) is 23.9 Å². The Morgan fingerprint density at radius 2 is 2.24 bits per heavy atom. The quantitative estimate of drug-likeness (QED) is 0.818. The fourth-order valence-electron chi connectivity index (χ4n) is 1.80. The molecule has 1 aromatic rings. The third-order valence-corrected chi connectivity index (χ3v) is 2.94. The van der Waals surface area contributed by atoms with Crippen LogP contribution >= 0.6 is 0 Å². The number of anilines is 1. The van der Waals surface area contributed by atoms with Crippen LogP contribution in [-0.4, -0.2) is 10.9 Å². The zero-order valence-corrected chi connectivity index (χ0v) is 11.0. The maximum Gasteiger partial charge on any atom is 0.228 e. The molecule has 1 heterocycles. The summed E-state index contributed by atoms with van der Waals surface area (Å²) in [6.07, 6.45) is 5.81. The molecule has 1 rings (SSSR count). The van der Waals surface area contributed by atoms with Crippen LogP contribution in [0.25, 0.3) is 0 Å². The van der Waals surface area contributed by atoms with E-state index < -0.39 is 0 Å². The highest BCUT2D eigenvalue weighted by Gasteiger charge is 2.16. The molecule has 1 atom stereocenters. The zero-order valence-electron chi connectivity index (χ0n) is 11.0. The Hall–Kier alpha value is -1.38. The first-order valence-electron chi connectivity index (χ1n) is 6.40. The topological polar surface area (TPSA) is 42.0 Å². The van der Waals surface area contributed by atoms with Gasteiger partial charge in [0.25, 0.3) is 0 Å². The summed E-state index contributed by atoms with van der Waals surface area (Å²) < 4.78 is 0. The summed E-state index contributed by atoms with van der Waals surface area (Å²) in [6, 6.07) is 3.81. The van der Waals surface area contributed by atoms with E-state index in [1.54, 1.807) is 6.20 Å². The lowest BCUT2D eigenvalue weighted by molar-refractivity contribution is -0.120. The van der Waals surface area contributed by atoms with Gasteiger partial charge in [-0.1, -0.05) is 26.7 Å². The van der Waals surface area contributed by atoms with E-state index in [-0.39, 0.29) is 11.8 Å². The number of amides is 1. The van der Waals surface area contributed by atoms with Gasteiger partial charge in [0.05, 0.1) is 0 Å². The monoisotopic (exact) mass is 234 g/mol. The Bertz CT molecular complexity index is 363. The number of rotatable bonds is 6. The standard InChI is InChI=1S/C14H22N2O/c1-4-6-7-12(5-2)14(17)16-13-10-11(3)8-9-15-13/h8-10,12H,4-7H2,1-3H3,(H,15,16,17)/t12-/m1/s1. The first-order valence-corrected chi connectivity index (χ1v) is 6.40. The average Bonchev–Trinajstić information content (AvgIpc) is 2.30. The summed E-state index contributed by atoms with van der Waals surface area (Å²) in [6.45, 7) is 6.20. The summed E-state index contributed by atoms with van der Waals surface area (Å²) in [5.74, 6) is 0.862. The Morgan fingerprint density at radius 3 is 2.82 bits per heavy atom. The van der Waals surface area contributed by atoms with Crippen molar-refractivity contribution in [2.75, 3.05) is 5.32 Å². The second-order valence-electron chi connectivity index (χ2n) is 4.46. The molecule has 0 aromatic carbocycles. The lowest BCUT2D eigenvalue weighted by atomic mass is 9.98. The Balaban J connectivity index is 2.57. The molecule has 1 aromatic heterocycles. The zero-order chi connectivity index (χ0) is 12.7. The molecule has 3 nitrogen and oxygen atoms in total. The Labute approximate surface area is 104 Å². The maximum absolute atomic E-state index is 12.0. The van der Waals surface area contributed by atoms with Crippen LogP contribution in [0.3, 0.4) is 0 Å². The van der Waals surface area contributed by atoms with Gasteiger partial charge in [-0.3, -0.25) is 4.79 Å². The molecule has 0 aliphatic carbocycles. The lowest BCUT2D eigenvalue weighted by Crippen LogP contribution is -2.22. The predicted octanol–water partition coefficient (Wildman–Crippen LogP) is 3.54. The Kier molecular flexibility index (Phi) is 5.67. The van der Waals surface area contributed by atoms with Crippen molar-refractivity contribution in [1.82, 2.24) is 4.98 Å². The molecule has 0 fully saturated rings. The number of carbonyl (C=O) groups excluding carboxylic acids is 1. The number of nitrogens with zero attached hydrogens (tertiary/aromatic N) is 1. The number of hydrogen-bond acceptors (Lipinski definition) is 2. The van der Waals surface area contributed by atoms with Crippen molar-refractivity contribution in [1.29, 1.82) is 0 Å². The normalized spacial score (nSPS) is 12.2. The lowest BCUT2D eigenvalue weighted by Gasteiger charge is -2.14. The van der Waals surface area contributed by atoms with Gasteiger partial charge in [0.2, 0.25) is 5.91 Å². The molecule has 1 N–H and O–H groups in total. The minimum Gasteiger partial charge on any atom is -0.310 e. The van der Waals surface area contributed by atoms with Gasteiger partial charge in [-0.25, -0.2) is 4.98 Å². The largest absolute Gasteiger partial charge is 0.310 e. The number of carbonyl (C=O) groups is 1. The molecular formula is C14H22N2O. The fourth-order valence-corrected chi connectivity index (χ4v) is 1.80. The van der Waals surface area contributed by atoms with Gasteiger partial charge in [-0.2, -0.15) is 0 Å². The smallest absolute Gasteiger partial charge is 0.228 e. The molecule has 0 bridgehead atoms. The van der Waals surface area contributed by atoms with E-state index in [4.69, 9.17) is 0 Å². The van der Waals surface area contributed by atoms with E-state index in [1.807, 2.05) is 19.1 Å². The third kappa shape index (κ3) is 4.55. The van der Waals surface area contributed by atoms with Gasteiger partial charge < -0.3 is 5.32 Å². The van der Waals surface area contributed by atoms with E-state index in [0.717, 1.165) is 31.2 Å². The first-order chi connectivity index (χ1) is 8.17. The third-order valence-electron chi connectivity index (χ3n) is 2.94. The van der Waals surface area contributed by atoms with Gasteiger partial charge in [0, 0.05) is 12.1 Å². The first kappa shape index (κ1) is 13.7. The van der Waals surface area contributed by atoms with Crippen LogP contribution in [0.15, 0.2) is 18.3 Å². The maximum atomic E-state index is 12.0. The number of hydrogen-bond donors (Lipinski definition) is 1. The van der Waals surface area contributed by atoms with Gasteiger partial charge in [0.1, 0.15) is 5.82 Å². The van der Waals surface area contributed by atoms with E-state index in [1.165, 1.54) is 0 Å². The van der Waals surface area contributed by atoms with Crippen LogP contribution in [0, 0.1) is 12.8 Å². The molecule has 0 saturated heterocycles. The van der Waals surface area contributed by atoms with Gasteiger partial charge in [-0.15, -0.1) is 0 Å². The Morgan fingerprint density at radius 1 is 1.47 bits per heavy atom. The minimum absolute atomic E-state index is 0.0963. The number of pyridine rings is 1. The molecule has 3 heteroatoms. The molecule has 17 heavy (non-hydrogen) atoms. The molecule has 0 unspecified atom stereocenters. The molecule has 0 aliphatic heterocycles. The summed E-state index contributed by atoms with van der Waals surface area (Å²) in [7, 11) is 0. The number of nitrogens with one attached hydrogen (secondary N) is 1. The van der Waals surface area contributed by atoms with Crippen molar-refractivity contribution >= 4 is 11.7 Å². The van der Waals surface area contributed by atoms with Crippen LogP contribution in [0.5, 0.6) is 0 Å². The van der Waals surface area contributed by atoms with Gasteiger partial charge in [0.15, 0.2) is 0 Å². The number of unbranched alkanes of at least 4 members (excludes halogenated alkanes) is 1. The van der Waals surface area contributed by atoms with Crippen LogP contribution in [0.1, 0.15) is 45.1 Å². The average molecular weight is 234 g/mol. The highest BCUT2D eigenvalue weighted by Crippen LogP contribution is 2.15. The summed E-state index contributed by atoms with van der Waals surface area (Å²) in [5.41, 5.74) is 1.11. The van der Waals surface area contributed by atoms with E-state index in [9.17, 15) is 4.79 Å². The van der Waals surface area contributed by atoms with Crippen molar-refractivity contribution in [2.45, 2.75) is 46.5 Å². The highest BCUT2D eigenvalue weighted by atomic mass is 16.1. The van der Waals surface area contributed by atoms with Crippen molar-refractivity contribution in [3.63, 3.8) is 0 Å². The minimum atomic E-state index is 0.0963. The van der Waals surface area contributed by atoms with Gasteiger partial charge >= 0.3 is 0 Å². The summed E-state index contributed by atoms with van der Waals surface area (Å²) >= 11 is 0. The van der Waals surface area contributed by atoms with Crippen LogP contribution in [0.2, 0.25) is 0 Å². The van der Waals surface area contributed by atoms with Crippen LogP contribution < -0.4 is 5.32 Å². The molecule has 0 saturated carbocycles. The van der Waals surface area contributed by atoms with Crippen molar-refractivity contribution in [2.24, 2.45) is 5.92 Å². The predicted molar refractivity (Wildman–Crippen MR) is 70.9 cm³/mol. The fraction of sp³-hybridized carbons (Fsp3) is 0.571. The molecular weight excluding hydrogens is 212 g/mol. The number of aryl methyl sites for hydroxylation is 1. The molecule has 0 radical (unpaired) electrons. The molecule has 94 valence electrons. The molecule has 0 spiro atoms. The summed E-state index contributed by atoms with van der Waals surface area (Å²) in [4.78, 5) is 16.2. The van der Waals surface area contributed by atoms with Crippen LogP contribution in [-0.2, 0) is 4.79 Å². The second kappa shape index (κ2) is 7.05.